The van der Waals surface area contributed by atoms with E-state index in [0.717, 1.165) is 31.0 Å². The monoisotopic (exact) mass is 251 g/mol. The molecule has 2 rings (SSSR count). The zero-order valence-corrected chi connectivity index (χ0v) is 11.2. The molecule has 1 aromatic heterocycles. The molecule has 0 saturated carbocycles. The fourth-order valence-corrected chi connectivity index (χ4v) is 2.22. The molecule has 18 heavy (non-hydrogen) atoms. The lowest BCUT2D eigenvalue weighted by atomic mass is 10.2. The zero-order valence-electron chi connectivity index (χ0n) is 11.2. The Bertz CT molecular complexity index is 420. The summed E-state index contributed by atoms with van der Waals surface area (Å²) >= 11 is 0. The highest BCUT2D eigenvalue weighted by atomic mass is 16.2. The molecule has 0 bridgehead atoms. The highest BCUT2D eigenvalue weighted by Gasteiger charge is 2.21. The van der Waals surface area contributed by atoms with Crippen LogP contribution in [0, 0.1) is 0 Å². The highest BCUT2D eigenvalue weighted by Crippen LogP contribution is 2.11. The van der Waals surface area contributed by atoms with Crippen molar-refractivity contribution in [2.24, 2.45) is 7.05 Å². The minimum absolute atomic E-state index is 0.0217. The Balaban J connectivity index is 1.91. The number of anilines is 1. The minimum atomic E-state index is -0.0217. The SMILES string of the molecule is CN(C)c1ncc(CNC(=O)C2CCCN2)n1C. The third-order valence-corrected chi connectivity index (χ3v) is 3.28. The lowest BCUT2D eigenvalue weighted by Gasteiger charge is -2.14. The van der Waals surface area contributed by atoms with Gasteiger partial charge in [-0.05, 0) is 19.4 Å². The summed E-state index contributed by atoms with van der Waals surface area (Å²) in [5, 5.41) is 6.14. The number of nitrogens with zero attached hydrogens (tertiary/aromatic N) is 3. The molecule has 0 radical (unpaired) electrons. The van der Waals surface area contributed by atoms with Gasteiger partial charge in [-0.15, -0.1) is 0 Å². The van der Waals surface area contributed by atoms with E-state index in [9.17, 15) is 4.79 Å². The maximum absolute atomic E-state index is 11.9. The smallest absolute Gasteiger partial charge is 0.237 e. The first-order chi connectivity index (χ1) is 8.59. The van der Waals surface area contributed by atoms with Gasteiger partial charge >= 0.3 is 0 Å². The van der Waals surface area contributed by atoms with E-state index in [1.54, 1.807) is 6.20 Å². The van der Waals surface area contributed by atoms with Gasteiger partial charge in [0.25, 0.3) is 0 Å². The van der Waals surface area contributed by atoms with Crippen molar-refractivity contribution in [1.29, 1.82) is 0 Å². The van der Waals surface area contributed by atoms with Gasteiger partial charge in [-0.2, -0.15) is 0 Å². The Labute approximate surface area is 107 Å². The molecular weight excluding hydrogens is 230 g/mol. The Morgan fingerprint density at radius 2 is 2.44 bits per heavy atom. The summed E-state index contributed by atoms with van der Waals surface area (Å²) in [7, 11) is 5.86. The van der Waals surface area contributed by atoms with Gasteiger partial charge in [0.15, 0.2) is 0 Å². The average molecular weight is 251 g/mol. The summed E-state index contributed by atoms with van der Waals surface area (Å²) < 4.78 is 1.99. The predicted molar refractivity (Wildman–Crippen MR) is 70.4 cm³/mol. The van der Waals surface area contributed by atoms with Crippen molar-refractivity contribution in [2.45, 2.75) is 25.4 Å². The normalized spacial score (nSPS) is 18.9. The minimum Gasteiger partial charge on any atom is -0.349 e. The molecule has 2 N–H and O–H groups in total. The van der Waals surface area contributed by atoms with Crippen LogP contribution in [-0.2, 0) is 18.4 Å². The molecule has 0 aromatic carbocycles. The Hall–Kier alpha value is -1.56. The van der Waals surface area contributed by atoms with Crippen LogP contribution in [0.1, 0.15) is 18.5 Å². The van der Waals surface area contributed by atoms with Gasteiger partial charge in [-0.25, -0.2) is 4.98 Å². The van der Waals surface area contributed by atoms with Crippen molar-refractivity contribution in [3.05, 3.63) is 11.9 Å². The van der Waals surface area contributed by atoms with Gasteiger partial charge in [-0.1, -0.05) is 0 Å². The summed E-state index contributed by atoms with van der Waals surface area (Å²) in [6.45, 7) is 1.46. The number of amides is 1. The molecule has 1 aliphatic rings. The van der Waals surface area contributed by atoms with Crippen LogP contribution in [0.3, 0.4) is 0 Å². The van der Waals surface area contributed by atoms with Crippen LogP contribution >= 0.6 is 0 Å². The quantitative estimate of drug-likeness (QED) is 0.781. The molecular formula is C12H21N5O. The van der Waals surface area contributed by atoms with Crippen LogP contribution in [-0.4, -0.2) is 42.1 Å². The van der Waals surface area contributed by atoms with Gasteiger partial charge in [0.1, 0.15) is 0 Å². The fraction of sp³-hybridized carbons (Fsp3) is 0.667. The summed E-state index contributed by atoms with van der Waals surface area (Å²) in [4.78, 5) is 18.1. The number of imidazole rings is 1. The van der Waals surface area contributed by atoms with Crippen LogP contribution < -0.4 is 15.5 Å². The van der Waals surface area contributed by atoms with Crippen LogP contribution in [0.5, 0.6) is 0 Å². The Morgan fingerprint density at radius 3 is 3.00 bits per heavy atom. The molecule has 1 unspecified atom stereocenters. The second-order valence-electron chi connectivity index (χ2n) is 4.87. The molecule has 1 saturated heterocycles. The molecule has 1 aromatic rings. The van der Waals surface area contributed by atoms with Gasteiger partial charge in [-0.3, -0.25) is 4.79 Å². The number of hydrogen-bond donors (Lipinski definition) is 2. The third kappa shape index (κ3) is 2.64. The van der Waals surface area contributed by atoms with Crippen molar-refractivity contribution in [1.82, 2.24) is 20.2 Å². The number of nitrogens with one attached hydrogen (secondary N) is 2. The first-order valence-electron chi connectivity index (χ1n) is 6.28. The first-order valence-corrected chi connectivity index (χ1v) is 6.28. The molecule has 1 aliphatic heterocycles. The fourth-order valence-electron chi connectivity index (χ4n) is 2.22. The van der Waals surface area contributed by atoms with Gasteiger partial charge in [0.2, 0.25) is 11.9 Å². The summed E-state index contributed by atoms with van der Waals surface area (Å²) in [5.41, 5.74) is 1.00. The van der Waals surface area contributed by atoms with Gasteiger partial charge in [0, 0.05) is 21.1 Å². The lowest BCUT2D eigenvalue weighted by Crippen LogP contribution is -2.40. The first kappa shape index (κ1) is 12.9. The third-order valence-electron chi connectivity index (χ3n) is 3.28. The van der Waals surface area contributed by atoms with Crippen molar-refractivity contribution in [3.8, 4) is 0 Å². The molecule has 1 atom stereocenters. The maximum Gasteiger partial charge on any atom is 0.237 e. The Morgan fingerprint density at radius 1 is 1.67 bits per heavy atom. The van der Waals surface area contributed by atoms with Crippen molar-refractivity contribution >= 4 is 11.9 Å². The summed E-state index contributed by atoms with van der Waals surface area (Å²) in [5.74, 6) is 0.971. The molecule has 6 nitrogen and oxygen atoms in total. The van der Waals surface area contributed by atoms with Gasteiger partial charge < -0.3 is 20.1 Å². The van der Waals surface area contributed by atoms with Crippen molar-refractivity contribution in [2.75, 3.05) is 25.5 Å². The molecule has 100 valence electrons. The van der Waals surface area contributed by atoms with Crippen LogP contribution in [0.15, 0.2) is 6.20 Å². The number of carbonyl (C=O) groups is 1. The summed E-state index contributed by atoms with van der Waals surface area (Å²) in [6.07, 6.45) is 3.81. The molecule has 1 fully saturated rings. The van der Waals surface area contributed by atoms with E-state index in [0.29, 0.717) is 6.54 Å². The molecule has 6 heteroatoms. The van der Waals surface area contributed by atoms with Gasteiger partial charge in [0.05, 0.1) is 24.5 Å². The van der Waals surface area contributed by atoms with Crippen LogP contribution in [0.2, 0.25) is 0 Å². The number of carbonyl (C=O) groups excluding carboxylic acids is 1. The van der Waals surface area contributed by atoms with E-state index in [4.69, 9.17) is 0 Å². The topological polar surface area (TPSA) is 62.2 Å². The van der Waals surface area contributed by atoms with E-state index < -0.39 is 0 Å². The highest BCUT2D eigenvalue weighted by molar-refractivity contribution is 5.81. The predicted octanol–water partition coefficient (Wildman–Crippen LogP) is -0.146. The standard InChI is InChI=1S/C12H21N5O/c1-16(2)12-15-8-9(17(12)3)7-14-11(18)10-5-4-6-13-10/h8,10,13H,4-7H2,1-3H3,(H,14,18). The van der Waals surface area contributed by atoms with E-state index in [-0.39, 0.29) is 11.9 Å². The molecule has 2 heterocycles. The molecule has 1 amide bonds. The molecule has 0 aliphatic carbocycles. The zero-order chi connectivity index (χ0) is 13.1. The Kier molecular flexibility index (Phi) is 3.86. The largest absolute Gasteiger partial charge is 0.349 e. The molecule has 0 spiro atoms. The number of aromatic nitrogens is 2. The average Bonchev–Trinajstić information content (AvgIpc) is 2.95. The van der Waals surface area contributed by atoms with Crippen LogP contribution in [0.25, 0.3) is 0 Å². The summed E-state index contributed by atoms with van der Waals surface area (Å²) in [6, 6.07) is -0.0217. The maximum atomic E-state index is 11.9. The van der Waals surface area contributed by atoms with Crippen molar-refractivity contribution in [3.63, 3.8) is 0 Å². The lowest BCUT2D eigenvalue weighted by molar-refractivity contribution is -0.122. The van der Waals surface area contributed by atoms with E-state index in [1.165, 1.54) is 0 Å². The number of rotatable bonds is 4. The number of hydrogen-bond acceptors (Lipinski definition) is 4. The van der Waals surface area contributed by atoms with E-state index in [1.807, 2.05) is 30.6 Å². The van der Waals surface area contributed by atoms with E-state index >= 15 is 0 Å². The second kappa shape index (κ2) is 5.39. The van der Waals surface area contributed by atoms with Crippen molar-refractivity contribution < 1.29 is 4.79 Å². The van der Waals surface area contributed by atoms with Crippen LogP contribution in [0.4, 0.5) is 5.95 Å². The second-order valence-corrected chi connectivity index (χ2v) is 4.87. The van der Waals surface area contributed by atoms with E-state index in [2.05, 4.69) is 15.6 Å².